The zero-order valence-electron chi connectivity index (χ0n) is 12.6. The van der Waals surface area contributed by atoms with E-state index in [1.54, 1.807) is 0 Å². The average Bonchev–Trinajstić information content (AvgIpc) is 2.37. The molecule has 0 aromatic carbocycles. The Bertz CT molecular complexity index is 400. The molecule has 120 valence electrons. The van der Waals surface area contributed by atoms with Crippen LogP contribution in [0.15, 0.2) is 0 Å². The topological polar surface area (TPSA) is 122 Å². The number of amides is 3. The van der Waals surface area contributed by atoms with E-state index >= 15 is 0 Å². The summed E-state index contributed by atoms with van der Waals surface area (Å²) >= 11 is 0. The van der Waals surface area contributed by atoms with Crippen LogP contribution in [0.25, 0.3) is 0 Å². The van der Waals surface area contributed by atoms with Gasteiger partial charge in [0.1, 0.15) is 6.04 Å². The summed E-state index contributed by atoms with van der Waals surface area (Å²) in [5, 5.41) is 14.3. The van der Waals surface area contributed by atoms with Crippen LogP contribution in [-0.2, 0) is 9.59 Å². The first kappa shape index (κ1) is 17.3. The Morgan fingerprint density at radius 2 is 1.95 bits per heavy atom. The second-order valence-electron chi connectivity index (χ2n) is 6.02. The monoisotopic (exact) mass is 299 g/mol. The van der Waals surface area contributed by atoms with E-state index in [2.05, 4.69) is 24.5 Å². The maximum Gasteiger partial charge on any atom is 0.326 e. The summed E-state index contributed by atoms with van der Waals surface area (Å²) in [5.74, 6) is -0.730. The summed E-state index contributed by atoms with van der Waals surface area (Å²) in [4.78, 5) is 33.7. The molecule has 3 amide bonds. The molecule has 3 unspecified atom stereocenters. The van der Waals surface area contributed by atoms with Gasteiger partial charge in [-0.2, -0.15) is 0 Å². The van der Waals surface area contributed by atoms with Gasteiger partial charge in [0.2, 0.25) is 5.91 Å². The zero-order chi connectivity index (χ0) is 16.0. The Balaban J connectivity index is 2.46. The largest absolute Gasteiger partial charge is 0.480 e. The van der Waals surface area contributed by atoms with E-state index in [1.165, 1.54) is 0 Å². The summed E-state index contributed by atoms with van der Waals surface area (Å²) in [6, 6.07) is -1.54. The molecule has 0 aromatic heterocycles. The van der Waals surface area contributed by atoms with Gasteiger partial charge >= 0.3 is 12.0 Å². The third-order valence-electron chi connectivity index (χ3n) is 4.03. The van der Waals surface area contributed by atoms with Gasteiger partial charge in [-0.3, -0.25) is 4.79 Å². The second-order valence-corrected chi connectivity index (χ2v) is 6.02. The minimum Gasteiger partial charge on any atom is -0.480 e. The highest BCUT2D eigenvalue weighted by Gasteiger charge is 2.28. The Labute approximate surface area is 124 Å². The van der Waals surface area contributed by atoms with E-state index in [1.807, 2.05) is 0 Å². The summed E-state index contributed by atoms with van der Waals surface area (Å²) in [6.45, 7) is 4.28. The molecule has 21 heavy (non-hydrogen) atoms. The predicted octanol–water partition coefficient (Wildman–Crippen LogP) is 0.829. The molecule has 0 heterocycles. The van der Waals surface area contributed by atoms with Crippen LogP contribution in [0.1, 0.15) is 46.0 Å². The molecule has 0 radical (unpaired) electrons. The van der Waals surface area contributed by atoms with E-state index in [0.29, 0.717) is 11.8 Å². The average molecular weight is 299 g/mol. The van der Waals surface area contributed by atoms with E-state index in [-0.39, 0.29) is 18.9 Å². The van der Waals surface area contributed by atoms with Crippen LogP contribution in [0.5, 0.6) is 0 Å². The van der Waals surface area contributed by atoms with Crippen LogP contribution in [-0.4, -0.2) is 35.1 Å². The molecule has 7 heteroatoms. The van der Waals surface area contributed by atoms with Crippen LogP contribution in [0.4, 0.5) is 4.79 Å². The number of hydrogen-bond acceptors (Lipinski definition) is 3. The first-order valence-electron chi connectivity index (χ1n) is 7.37. The predicted molar refractivity (Wildman–Crippen MR) is 77.5 cm³/mol. The minimum absolute atomic E-state index is 0.00462. The molecule has 5 N–H and O–H groups in total. The first-order chi connectivity index (χ1) is 9.79. The number of carboxylic acids is 1. The number of hydrogen-bond donors (Lipinski definition) is 4. The lowest BCUT2D eigenvalue weighted by Gasteiger charge is -2.33. The van der Waals surface area contributed by atoms with E-state index < -0.39 is 23.9 Å². The molecule has 0 aliphatic heterocycles. The normalized spacial score (nSPS) is 26.7. The molecule has 1 aliphatic rings. The fraction of sp³-hybridized carbons (Fsp3) is 0.786. The van der Waals surface area contributed by atoms with Gasteiger partial charge in [0.05, 0.1) is 0 Å². The van der Waals surface area contributed by atoms with Gasteiger partial charge in [-0.25, -0.2) is 9.59 Å². The van der Waals surface area contributed by atoms with Crippen molar-refractivity contribution in [2.24, 2.45) is 17.6 Å². The molecule has 0 aromatic rings. The van der Waals surface area contributed by atoms with Crippen molar-refractivity contribution in [3.8, 4) is 0 Å². The van der Waals surface area contributed by atoms with E-state index in [9.17, 15) is 14.4 Å². The molecule has 0 spiro atoms. The summed E-state index contributed by atoms with van der Waals surface area (Å²) < 4.78 is 0. The highest BCUT2D eigenvalue weighted by Crippen LogP contribution is 2.28. The maximum atomic E-state index is 11.9. The lowest BCUT2D eigenvalue weighted by Crippen LogP contribution is -2.51. The summed E-state index contributed by atoms with van der Waals surface area (Å²) in [6.07, 6.45) is 2.92. The van der Waals surface area contributed by atoms with Crippen LogP contribution in [0.2, 0.25) is 0 Å². The molecular weight excluding hydrogens is 274 g/mol. The van der Waals surface area contributed by atoms with Crippen LogP contribution in [0, 0.1) is 11.8 Å². The number of nitrogens with one attached hydrogen (secondary N) is 2. The Hall–Kier alpha value is -1.79. The Morgan fingerprint density at radius 1 is 1.29 bits per heavy atom. The number of nitrogens with two attached hydrogens (primary N) is 1. The van der Waals surface area contributed by atoms with E-state index in [4.69, 9.17) is 10.8 Å². The number of primary amides is 1. The number of rotatable bonds is 6. The minimum atomic E-state index is -1.17. The standard InChI is InChI=1S/C14H25N3O4/c1-8-3-4-10(9(2)7-8)16-14(21)17-11(13(19)20)5-6-12(15)18/h8-11H,3-7H2,1-2H3,(H2,15,18)(H,19,20)(H2,16,17,21)/t8?,9?,10?,11-/m1/s1. The maximum absolute atomic E-state index is 11.9. The van der Waals surface area contributed by atoms with Crippen molar-refractivity contribution in [1.82, 2.24) is 10.6 Å². The molecule has 4 atom stereocenters. The van der Waals surface area contributed by atoms with Crippen molar-refractivity contribution in [3.63, 3.8) is 0 Å². The molecule has 1 fully saturated rings. The second kappa shape index (κ2) is 7.85. The van der Waals surface area contributed by atoms with Crippen LogP contribution in [0.3, 0.4) is 0 Å². The molecule has 0 saturated heterocycles. The van der Waals surface area contributed by atoms with Crippen molar-refractivity contribution < 1.29 is 19.5 Å². The molecule has 1 aliphatic carbocycles. The number of carbonyl (C=O) groups is 3. The number of carboxylic acid groups (broad SMARTS) is 1. The van der Waals surface area contributed by atoms with Crippen molar-refractivity contribution in [3.05, 3.63) is 0 Å². The fourth-order valence-corrected chi connectivity index (χ4v) is 2.79. The van der Waals surface area contributed by atoms with Crippen molar-refractivity contribution in [1.29, 1.82) is 0 Å². The first-order valence-corrected chi connectivity index (χ1v) is 7.37. The van der Waals surface area contributed by atoms with Gasteiger partial charge in [-0.15, -0.1) is 0 Å². The van der Waals surface area contributed by atoms with Gasteiger partial charge in [-0.05, 0) is 37.5 Å². The number of aliphatic carboxylic acids is 1. The third-order valence-corrected chi connectivity index (χ3v) is 4.03. The SMILES string of the molecule is CC1CCC(NC(=O)N[C@H](CCC(N)=O)C(=O)O)C(C)C1. The van der Waals surface area contributed by atoms with Crippen molar-refractivity contribution >= 4 is 17.9 Å². The molecule has 1 saturated carbocycles. The third kappa shape index (κ3) is 6.01. The Morgan fingerprint density at radius 3 is 2.48 bits per heavy atom. The quantitative estimate of drug-likeness (QED) is 0.580. The van der Waals surface area contributed by atoms with Gasteiger partial charge in [0.25, 0.3) is 0 Å². The smallest absolute Gasteiger partial charge is 0.326 e. The lowest BCUT2D eigenvalue weighted by atomic mass is 9.80. The number of carbonyl (C=O) groups excluding carboxylic acids is 2. The fourth-order valence-electron chi connectivity index (χ4n) is 2.79. The van der Waals surface area contributed by atoms with Crippen LogP contribution >= 0.6 is 0 Å². The summed E-state index contributed by atoms with van der Waals surface area (Å²) in [7, 11) is 0. The number of urea groups is 1. The molecular formula is C14H25N3O4. The summed E-state index contributed by atoms with van der Waals surface area (Å²) in [5.41, 5.74) is 4.99. The highest BCUT2D eigenvalue weighted by molar-refractivity contribution is 5.83. The van der Waals surface area contributed by atoms with Crippen LogP contribution < -0.4 is 16.4 Å². The highest BCUT2D eigenvalue weighted by atomic mass is 16.4. The van der Waals surface area contributed by atoms with Gasteiger partial charge in [0, 0.05) is 12.5 Å². The lowest BCUT2D eigenvalue weighted by molar-refractivity contribution is -0.139. The zero-order valence-corrected chi connectivity index (χ0v) is 12.6. The van der Waals surface area contributed by atoms with Crippen molar-refractivity contribution in [2.75, 3.05) is 0 Å². The molecule has 0 bridgehead atoms. The van der Waals surface area contributed by atoms with Gasteiger partial charge < -0.3 is 21.5 Å². The van der Waals surface area contributed by atoms with Gasteiger partial charge in [0.15, 0.2) is 0 Å². The molecule has 1 rings (SSSR count). The van der Waals surface area contributed by atoms with E-state index in [0.717, 1.165) is 19.3 Å². The Kier molecular flexibility index (Phi) is 6.45. The van der Waals surface area contributed by atoms with Gasteiger partial charge in [-0.1, -0.05) is 13.8 Å². The van der Waals surface area contributed by atoms with Crippen molar-refractivity contribution in [2.45, 2.75) is 58.0 Å². The molecule has 7 nitrogen and oxygen atoms in total.